The highest BCUT2D eigenvalue weighted by Crippen LogP contribution is 2.18. The van der Waals surface area contributed by atoms with E-state index in [0.717, 1.165) is 17.0 Å². The first-order valence-corrected chi connectivity index (χ1v) is 7.95. The van der Waals surface area contributed by atoms with Gasteiger partial charge in [0.25, 0.3) is 0 Å². The lowest BCUT2D eigenvalue weighted by Crippen LogP contribution is -2.11. The van der Waals surface area contributed by atoms with Gasteiger partial charge in [-0.3, -0.25) is 0 Å². The Bertz CT molecular complexity index is 878. The molecule has 0 aliphatic carbocycles. The quantitative estimate of drug-likeness (QED) is 0.658. The lowest BCUT2D eigenvalue weighted by atomic mass is 10.1. The van der Waals surface area contributed by atoms with Crippen molar-refractivity contribution in [1.82, 2.24) is 25.4 Å². The van der Waals surface area contributed by atoms with Crippen molar-refractivity contribution in [2.24, 2.45) is 0 Å². The van der Waals surface area contributed by atoms with Gasteiger partial charge in [0.1, 0.15) is 5.76 Å². The molecule has 25 heavy (non-hydrogen) atoms. The van der Waals surface area contributed by atoms with Crippen molar-refractivity contribution in [1.29, 1.82) is 0 Å². The molecular weight excluding hydrogens is 322 g/mol. The summed E-state index contributed by atoms with van der Waals surface area (Å²) in [5, 5.41) is 16.4. The monoisotopic (exact) mass is 341 g/mol. The van der Waals surface area contributed by atoms with E-state index in [1.54, 1.807) is 18.2 Å². The molecule has 0 saturated carbocycles. The van der Waals surface area contributed by atoms with Gasteiger partial charge in [0, 0.05) is 11.1 Å². The topological polar surface area (TPSA) is 95.9 Å². The van der Waals surface area contributed by atoms with Gasteiger partial charge < -0.3 is 9.26 Å². The van der Waals surface area contributed by atoms with E-state index in [4.69, 9.17) is 9.26 Å². The maximum atomic E-state index is 12.0. The first-order chi connectivity index (χ1) is 11.9. The minimum atomic E-state index is -0.375. The van der Waals surface area contributed by atoms with Crippen molar-refractivity contribution in [3.05, 3.63) is 46.8 Å². The van der Waals surface area contributed by atoms with Crippen LogP contribution in [0.4, 0.5) is 0 Å². The van der Waals surface area contributed by atoms with Gasteiger partial charge >= 0.3 is 5.97 Å². The molecule has 1 aromatic carbocycles. The molecule has 0 atom stereocenters. The summed E-state index contributed by atoms with van der Waals surface area (Å²) >= 11 is 0. The van der Waals surface area contributed by atoms with Crippen molar-refractivity contribution < 1.29 is 14.1 Å². The van der Waals surface area contributed by atoms with Crippen molar-refractivity contribution in [2.75, 3.05) is 0 Å². The molecule has 0 spiro atoms. The summed E-state index contributed by atoms with van der Waals surface area (Å²) in [5.74, 6) is 0.792. The van der Waals surface area contributed by atoms with E-state index < -0.39 is 0 Å². The van der Waals surface area contributed by atoms with E-state index in [1.807, 2.05) is 33.8 Å². The molecule has 0 N–H and O–H groups in total. The van der Waals surface area contributed by atoms with Crippen LogP contribution >= 0.6 is 0 Å². The maximum absolute atomic E-state index is 12.0. The molecule has 0 saturated heterocycles. The van der Waals surface area contributed by atoms with Crippen molar-refractivity contribution in [3.63, 3.8) is 0 Å². The maximum Gasteiger partial charge on any atom is 0.338 e. The molecule has 3 aromatic rings. The largest absolute Gasteiger partial charge is 0.459 e. The first kappa shape index (κ1) is 16.8. The number of rotatable bonds is 5. The third kappa shape index (κ3) is 3.73. The fourth-order valence-electron chi connectivity index (χ4n) is 2.36. The standard InChI is InChI=1S/C17H19N5O3/c1-10(2)24-17(23)14-7-5-6-13(8-14)16-18-21-22(19-16)9-15-11(3)20-25-12(15)4/h5-8,10H,9H2,1-4H3. The molecule has 0 aliphatic rings. The highest BCUT2D eigenvalue weighted by atomic mass is 16.5. The molecule has 0 aliphatic heterocycles. The molecule has 3 rings (SSSR count). The predicted molar refractivity (Wildman–Crippen MR) is 88.9 cm³/mol. The molecular formula is C17H19N5O3. The summed E-state index contributed by atoms with van der Waals surface area (Å²) in [6, 6.07) is 6.98. The minimum Gasteiger partial charge on any atom is -0.459 e. The number of benzene rings is 1. The highest BCUT2D eigenvalue weighted by molar-refractivity contribution is 5.90. The van der Waals surface area contributed by atoms with E-state index in [-0.39, 0.29) is 12.1 Å². The second-order valence-corrected chi connectivity index (χ2v) is 5.98. The lowest BCUT2D eigenvalue weighted by Gasteiger charge is -2.08. The predicted octanol–water partition coefficient (Wildman–Crippen LogP) is 2.56. The highest BCUT2D eigenvalue weighted by Gasteiger charge is 2.14. The number of aryl methyl sites for hydroxylation is 2. The zero-order valence-electron chi connectivity index (χ0n) is 14.6. The molecule has 0 amide bonds. The Balaban J connectivity index is 1.82. The van der Waals surface area contributed by atoms with Crippen LogP contribution < -0.4 is 0 Å². The van der Waals surface area contributed by atoms with E-state index in [1.165, 1.54) is 4.80 Å². The van der Waals surface area contributed by atoms with Gasteiger partial charge in [-0.1, -0.05) is 17.3 Å². The van der Waals surface area contributed by atoms with Crippen LogP contribution in [0.1, 0.15) is 41.2 Å². The van der Waals surface area contributed by atoms with Crippen molar-refractivity contribution >= 4 is 5.97 Å². The van der Waals surface area contributed by atoms with Gasteiger partial charge in [-0.25, -0.2) is 4.79 Å². The minimum absolute atomic E-state index is 0.176. The number of carbonyl (C=O) groups is 1. The number of ether oxygens (including phenoxy) is 1. The molecule has 2 aromatic heterocycles. The number of carbonyl (C=O) groups excluding carboxylic acids is 1. The SMILES string of the molecule is Cc1noc(C)c1Cn1nnc(-c2cccc(C(=O)OC(C)C)c2)n1. The Morgan fingerprint density at radius 3 is 2.80 bits per heavy atom. The summed E-state index contributed by atoms with van der Waals surface area (Å²) < 4.78 is 10.4. The fourth-order valence-corrected chi connectivity index (χ4v) is 2.36. The normalized spacial score (nSPS) is 11.1. The Morgan fingerprint density at radius 2 is 2.12 bits per heavy atom. The van der Waals surface area contributed by atoms with Gasteiger partial charge in [0.15, 0.2) is 0 Å². The second kappa shape index (κ2) is 6.84. The Kier molecular flexibility index (Phi) is 4.60. The van der Waals surface area contributed by atoms with Crippen LogP contribution in [-0.4, -0.2) is 37.4 Å². The number of esters is 1. The van der Waals surface area contributed by atoms with Crippen LogP contribution in [0.15, 0.2) is 28.8 Å². The van der Waals surface area contributed by atoms with Crippen LogP contribution in [0.2, 0.25) is 0 Å². The van der Waals surface area contributed by atoms with E-state index in [0.29, 0.717) is 23.5 Å². The summed E-state index contributed by atoms with van der Waals surface area (Å²) in [6.45, 7) is 7.75. The molecule has 8 nitrogen and oxygen atoms in total. The van der Waals surface area contributed by atoms with Crippen LogP contribution in [-0.2, 0) is 11.3 Å². The molecule has 0 unspecified atom stereocenters. The average Bonchev–Trinajstić information content (AvgIpc) is 3.17. The Hall–Kier alpha value is -3.03. The molecule has 2 heterocycles. The van der Waals surface area contributed by atoms with Gasteiger partial charge in [-0.2, -0.15) is 4.80 Å². The summed E-state index contributed by atoms with van der Waals surface area (Å²) in [5.41, 5.74) is 2.88. The Labute approximate surface area is 144 Å². The van der Waals surface area contributed by atoms with E-state index in [9.17, 15) is 4.79 Å². The van der Waals surface area contributed by atoms with Crippen molar-refractivity contribution in [3.8, 4) is 11.4 Å². The zero-order chi connectivity index (χ0) is 18.0. The van der Waals surface area contributed by atoms with Crippen LogP contribution in [0.5, 0.6) is 0 Å². The van der Waals surface area contributed by atoms with Crippen molar-refractivity contribution in [2.45, 2.75) is 40.3 Å². The van der Waals surface area contributed by atoms with Gasteiger partial charge in [0.05, 0.1) is 23.9 Å². The summed E-state index contributed by atoms with van der Waals surface area (Å²) in [4.78, 5) is 13.5. The molecule has 0 bridgehead atoms. The van der Waals surface area contributed by atoms with Crippen LogP contribution in [0, 0.1) is 13.8 Å². The summed E-state index contributed by atoms with van der Waals surface area (Å²) in [6.07, 6.45) is -0.176. The second-order valence-electron chi connectivity index (χ2n) is 5.98. The third-order valence-corrected chi connectivity index (χ3v) is 3.63. The Morgan fingerprint density at radius 1 is 1.32 bits per heavy atom. The van der Waals surface area contributed by atoms with Gasteiger partial charge in [0.2, 0.25) is 5.82 Å². The fraction of sp³-hybridized carbons (Fsp3) is 0.353. The molecule has 0 radical (unpaired) electrons. The number of nitrogens with zero attached hydrogens (tertiary/aromatic N) is 5. The third-order valence-electron chi connectivity index (χ3n) is 3.63. The van der Waals surface area contributed by atoms with Gasteiger partial charge in [-0.05, 0) is 45.0 Å². The van der Waals surface area contributed by atoms with Crippen LogP contribution in [0.3, 0.4) is 0 Å². The number of tetrazole rings is 1. The number of aromatic nitrogens is 5. The molecule has 0 fully saturated rings. The average molecular weight is 341 g/mol. The number of hydrogen-bond donors (Lipinski definition) is 0. The molecule has 130 valence electrons. The van der Waals surface area contributed by atoms with E-state index >= 15 is 0 Å². The van der Waals surface area contributed by atoms with Crippen LogP contribution in [0.25, 0.3) is 11.4 Å². The molecule has 8 heteroatoms. The van der Waals surface area contributed by atoms with E-state index in [2.05, 4.69) is 20.6 Å². The smallest absolute Gasteiger partial charge is 0.338 e. The van der Waals surface area contributed by atoms with Gasteiger partial charge in [-0.15, -0.1) is 10.2 Å². The first-order valence-electron chi connectivity index (χ1n) is 7.95. The zero-order valence-corrected chi connectivity index (χ0v) is 14.6. The lowest BCUT2D eigenvalue weighted by molar-refractivity contribution is 0.0378. The number of hydrogen-bond acceptors (Lipinski definition) is 7. The summed E-state index contributed by atoms with van der Waals surface area (Å²) in [7, 11) is 0.